The van der Waals surface area contributed by atoms with Crippen LogP contribution in [0.15, 0.2) is 18.2 Å². The second-order valence-electron chi connectivity index (χ2n) is 4.51. The maximum atomic E-state index is 11.7. The molecule has 1 amide bonds. The zero-order valence-electron chi connectivity index (χ0n) is 10.7. The molecule has 0 aliphatic heterocycles. The van der Waals surface area contributed by atoms with Crippen molar-refractivity contribution in [1.29, 1.82) is 0 Å². The van der Waals surface area contributed by atoms with E-state index >= 15 is 0 Å². The highest BCUT2D eigenvalue weighted by atomic mass is 35.5. The van der Waals surface area contributed by atoms with E-state index in [-0.39, 0.29) is 18.0 Å². The first-order valence-electron chi connectivity index (χ1n) is 5.73. The Morgan fingerprint density at radius 1 is 1.29 bits per heavy atom. The van der Waals surface area contributed by atoms with Crippen molar-refractivity contribution in [3.8, 4) is 0 Å². The van der Waals surface area contributed by atoms with Crippen molar-refractivity contribution in [1.82, 2.24) is 5.32 Å². The van der Waals surface area contributed by atoms with Crippen molar-refractivity contribution in [2.24, 2.45) is 0 Å². The molecule has 0 fully saturated rings. The number of halogens is 1. The molecule has 0 heterocycles. The molecule has 0 bridgehead atoms. The molecule has 1 atom stereocenters. The van der Waals surface area contributed by atoms with E-state index in [1.54, 1.807) is 0 Å². The van der Waals surface area contributed by atoms with E-state index in [9.17, 15) is 4.79 Å². The number of rotatable bonds is 4. The molecule has 0 saturated carbocycles. The zero-order chi connectivity index (χ0) is 13.0. The van der Waals surface area contributed by atoms with E-state index in [2.05, 4.69) is 10.6 Å². The molecule has 1 unspecified atom stereocenters. The molecule has 94 valence electrons. The SMILES string of the molecule is Cc1ccc(NC(C)C(=O)NC(C)C)c(Cl)c1. The van der Waals surface area contributed by atoms with Crippen LogP contribution in [0.3, 0.4) is 0 Å². The summed E-state index contributed by atoms with van der Waals surface area (Å²) in [6, 6.07) is 5.55. The number of benzene rings is 1. The third-order valence-electron chi connectivity index (χ3n) is 2.32. The average molecular weight is 255 g/mol. The molecule has 0 saturated heterocycles. The van der Waals surface area contributed by atoms with Gasteiger partial charge < -0.3 is 10.6 Å². The van der Waals surface area contributed by atoms with Crippen molar-refractivity contribution in [2.45, 2.75) is 39.8 Å². The fraction of sp³-hybridized carbons (Fsp3) is 0.462. The molecular formula is C13H19ClN2O. The minimum atomic E-state index is -0.308. The first kappa shape index (κ1) is 13.8. The average Bonchev–Trinajstić information content (AvgIpc) is 2.21. The summed E-state index contributed by atoms with van der Waals surface area (Å²) >= 11 is 6.09. The molecule has 0 aliphatic rings. The summed E-state index contributed by atoms with van der Waals surface area (Å²) in [7, 11) is 0. The predicted molar refractivity (Wildman–Crippen MR) is 72.6 cm³/mol. The lowest BCUT2D eigenvalue weighted by atomic mass is 10.2. The highest BCUT2D eigenvalue weighted by molar-refractivity contribution is 6.33. The van der Waals surface area contributed by atoms with Crippen LogP contribution < -0.4 is 10.6 Å². The van der Waals surface area contributed by atoms with Gasteiger partial charge in [-0.25, -0.2) is 0 Å². The summed E-state index contributed by atoms with van der Waals surface area (Å²) in [5.41, 5.74) is 1.88. The quantitative estimate of drug-likeness (QED) is 0.867. The summed E-state index contributed by atoms with van der Waals surface area (Å²) < 4.78 is 0. The number of hydrogen-bond acceptors (Lipinski definition) is 2. The van der Waals surface area contributed by atoms with Crippen LogP contribution in [-0.2, 0) is 4.79 Å². The van der Waals surface area contributed by atoms with Gasteiger partial charge in [0.15, 0.2) is 0 Å². The van der Waals surface area contributed by atoms with Gasteiger partial charge in [-0.05, 0) is 45.4 Å². The van der Waals surface area contributed by atoms with Gasteiger partial charge in [0.25, 0.3) is 0 Å². The molecule has 1 rings (SSSR count). The highest BCUT2D eigenvalue weighted by Crippen LogP contribution is 2.23. The van der Waals surface area contributed by atoms with Crippen LogP contribution in [0, 0.1) is 6.92 Å². The molecule has 0 spiro atoms. The van der Waals surface area contributed by atoms with Crippen LogP contribution >= 0.6 is 11.6 Å². The summed E-state index contributed by atoms with van der Waals surface area (Å²) in [6.45, 7) is 7.66. The fourth-order valence-corrected chi connectivity index (χ4v) is 1.74. The number of hydrogen-bond donors (Lipinski definition) is 2. The summed E-state index contributed by atoms with van der Waals surface area (Å²) in [5, 5.41) is 6.58. The van der Waals surface area contributed by atoms with Crippen LogP contribution in [0.4, 0.5) is 5.69 Å². The van der Waals surface area contributed by atoms with Gasteiger partial charge in [0.05, 0.1) is 10.7 Å². The first-order valence-corrected chi connectivity index (χ1v) is 6.11. The molecule has 0 aromatic heterocycles. The molecule has 17 heavy (non-hydrogen) atoms. The predicted octanol–water partition coefficient (Wildman–Crippen LogP) is 2.97. The molecule has 3 nitrogen and oxygen atoms in total. The van der Waals surface area contributed by atoms with E-state index in [0.29, 0.717) is 5.02 Å². The molecule has 2 N–H and O–H groups in total. The van der Waals surface area contributed by atoms with Crippen LogP contribution in [0.2, 0.25) is 5.02 Å². The molecule has 4 heteroatoms. The zero-order valence-corrected chi connectivity index (χ0v) is 11.4. The fourth-order valence-electron chi connectivity index (χ4n) is 1.45. The van der Waals surface area contributed by atoms with Gasteiger partial charge in [-0.15, -0.1) is 0 Å². The lowest BCUT2D eigenvalue weighted by Gasteiger charge is -2.18. The topological polar surface area (TPSA) is 41.1 Å². The largest absolute Gasteiger partial charge is 0.373 e. The number of carbonyl (C=O) groups is 1. The van der Waals surface area contributed by atoms with E-state index in [4.69, 9.17) is 11.6 Å². The number of amides is 1. The van der Waals surface area contributed by atoms with E-state index in [1.807, 2.05) is 45.9 Å². The molecule has 0 radical (unpaired) electrons. The Hall–Kier alpha value is -1.22. The second kappa shape index (κ2) is 5.92. The Morgan fingerprint density at radius 3 is 2.47 bits per heavy atom. The smallest absolute Gasteiger partial charge is 0.242 e. The van der Waals surface area contributed by atoms with Crippen LogP contribution in [0.25, 0.3) is 0 Å². The van der Waals surface area contributed by atoms with Gasteiger partial charge in [0.1, 0.15) is 6.04 Å². The number of carbonyl (C=O) groups excluding carboxylic acids is 1. The third-order valence-corrected chi connectivity index (χ3v) is 2.63. The Morgan fingerprint density at radius 2 is 1.94 bits per heavy atom. The van der Waals surface area contributed by atoms with Crippen molar-refractivity contribution in [2.75, 3.05) is 5.32 Å². The van der Waals surface area contributed by atoms with Crippen molar-refractivity contribution >= 4 is 23.2 Å². The van der Waals surface area contributed by atoms with Crippen molar-refractivity contribution < 1.29 is 4.79 Å². The summed E-state index contributed by atoms with van der Waals surface area (Å²) in [4.78, 5) is 11.7. The molecule has 1 aromatic rings. The lowest BCUT2D eigenvalue weighted by Crippen LogP contribution is -2.41. The third kappa shape index (κ3) is 4.27. The maximum absolute atomic E-state index is 11.7. The van der Waals surface area contributed by atoms with Gasteiger partial charge in [-0.1, -0.05) is 17.7 Å². The summed E-state index contributed by atoms with van der Waals surface area (Å²) in [5.74, 6) is -0.0309. The van der Waals surface area contributed by atoms with Crippen molar-refractivity contribution in [3.63, 3.8) is 0 Å². The van der Waals surface area contributed by atoms with Gasteiger partial charge in [-0.2, -0.15) is 0 Å². The monoisotopic (exact) mass is 254 g/mol. The minimum absolute atomic E-state index is 0.0309. The van der Waals surface area contributed by atoms with Gasteiger partial charge in [-0.3, -0.25) is 4.79 Å². The van der Waals surface area contributed by atoms with Gasteiger partial charge in [0, 0.05) is 6.04 Å². The molecular weight excluding hydrogens is 236 g/mol. The van der Waals surface area contributed by atoms with Gasteiger partial charge >= 0.3 is 0 Å². The Labute approximate surface area is 108 Å². The number of aryl methyl sites for hydroxylation is 1. The normalized spacial score (nSPS) is 12.4. The summed E-state index contributed by atoms with van der Waals surface area (Å²) in [6.07, 6.45) is 0. The van der Waals surface area contributed by atoms with Gasteiger partial charge in [0.2, 0.25) is 5.91 Å². The maximum Gasteiger partial charge on any atom is 0.242 e. The van der Waals surface area contributed by atoms with Crippen LogP contribution in [-0.4, -0.2) is 18.0 Å². The second-order valence-corrected chi connectivity index (χ2v) is 4.92. The van der Waals surface area contributed by atoms with E-state index in [0.717, 1.165) is 11.3 Å². The minimum Gasteiger partial charge on any atom is -0.373 e. The lowest BCUT2D eigenvalue weighted by molar-refractivity contribution is -0.122. The van der Waals surface area contributed by atoms with Crippen LogP contribution in [0.5, 0.6) is 0 Å². The Kier molecular flexibility index (Phi) is 4.82. The standard InChI is InChI=1S/C13H19ClN2O/c1-8(2)15-13(17)10(4)16-12-6-5-9(3)7-11(12)14/h5-8,10,16H,1-4H3,(H,15,17). The van der Waals surface area contributed by atoms with Crippen molar-refractivity contribution in [3.05, 3.63) is 28.8 Å². The Balaban J connectivity index is 2.67. The van der Waals surface area contributed by atoms with E-state index in [1.165, 1.54) is 0 Å². The highest BCUT2D eigenvalue weighted by Gasteiger charge is 2.14. The van der Waals surface area contributed by atoms with Crippen LogP contribution in [0.1, 0.15) is 26.3 Å². The molecule has 1 aromatic carbocycles. The first-order chi connectivity index (χ1) is 7.90. The van der Waals surface area contributed by atoms with E-state index < -0.39 is 0 Å². The number of nitrogens with one attached hydrogen (secondary N) is 2. The Bertz CT molecular complexity index is 404. The number of anilines is 1. The molecule has 0 aliphatic carbocycles.